The van der Waals surface area contributed by atoms with Crippen molar-refractivity contribution in [2.45, 2.75) is 89.8 Å². The second-order valence-electron chi connectivity index (χ2n) is 5.34. The SMILES string of the molecule is CCCCCCCC1OC1CCCCCCO. The monoisotopic (exact) mass is 242 g/mol. The van der Waals surface area contributed by atoms with Crippen molar-refractivity contribution in [3.8, 4) is 0 Å². The van der Waals surface area contributed by atoms with Gasteiger partial charge >= 0.3 is 0 Å². The van der Waals surface area contributed by atoms with Gasteiger partial charge in [0.05, 0.1) is 12.2 Å². The minimum absolute atomic E-state index is 0.348. The molecule has 0 aromatic rings. The van der Waals surface area contributed by atoms with E-state index in [9.17, 15) is 0 Å². The van der Waals surface area contributed by atoms with Crippen LogP contribution >= 0.6 is 0 Å². The molecule has 1 heterocycles. The van der Waals surface area contributed by atoms with Crippen molar-refractivity contribution < 1.29 is 9.84 Å². The molecule has 0 saturated carbocycles. The highest BCUT2D eigenvalue weighted by atomic mass is 16.6. The Balaban J connectivity index is 1.78. The minimum Gasteiger partial charge on any atom is -0.396 e. The van der Waals surface area contributed by atoms with Gasteiger partial charge in [-0.25, -0.2) is 0 Å². The number of epoxide rings is 1. The maximum Gasteiger partial charge on any atom is 0.0841 e. The van der Waals surface area contributed by atoms with Crippen LogP contribution in [0.4, 0.5) is 0 Å². The van der Waals surface area contributed by atoms with Crippen molar-refractivity contribution in [2.75, 3.05) is 6.61 Å². The van der Waals surface area contributed by atoms with Crippen LogP contribution in [0.1, 0.15) is 77.6 Å². The minimum atomic E-state index is 0.348. The Hall–Kier alpha value is -0.0800. The fourth-order valence-electron chi connectivity index (χ4n) is 2.45. The zero-order valence-electron chi connectivity index (χ0n) is 11.5. The average Bonchev–Trinajstić information content (AvgIpc) is 3.07. The summed E-state index contributed by atoms with van der Waals surface area (Å²) in [5.74, 6) is 0. The molecule has 0 aliphatic carbocycles. The van der Waals surface area contributed by atoms with E-state index in [2.05, 4.69) is 6.92 Å². The number of hydrogen-bond donors (Lipinski definition) is 1. The molecule has 17 heavy (non-hydrogen) atoms. The topological polar surface area (TPSA) is 32.8 Å². The third-order valence-electron chi connectivity index (χ3n) is 3.68. The van der Waals surface area contributed by atoms with Crippen LogP contribution in [0.2, 0.25) is 0 Å². The Morgan fingerprint density at radius 3 is 1.82 bits per heavy atom. The molecule has 0 aromatic carbocycles. The summed E-state index contributed by atoms with van der Waals surface area (Å²) in [4.78, 5) is 0. The molecular formula is C15H30O2. The van der Waals surface area contributed by atoms with Crippen molar-refractivity contribution in [1.29, 1.82) is 0 Å². The summed E-state index contributed by atoms with van der Waals surface area (Å²) in [5, 5.41) is 8.66. The number of hydrogen-bond acceptors (Lipinski definition) is 2. The summed E-state index contributed by atoms with van der Waals surface area (Å²) < 4.78 is 5.68. The Kier molecular flexibility index (Phi) is 8.72. The van der Waals surface area contributed by atoms with E-state index in [-0.39, 0.29) is 0 Å². The molecule has 2 unspecified atom stereocenters. The van der Waals surface area contributed by atoms with Gasteiger partial charge in [-0.3, -0.25) is 0 Å². The van der Waals surface area contributed by atoms with E-state index in [4.69, 9.17) is 9.84 Å². The molecule has 1 rings (SSSR count). The predicted octanol–water partition coefficient (Wildman–Crippen LogP) is 4.06. The first-order chi connectivity index (χ1) is 8.38. The van der Waals surface area contributed by atoms with E-state index in [1.165, 1.54) is 64.2 Å². The molecule has 1 aliphatic rings. The van der Waals surface area contributed by atoms with Crippen LogP contribution in [0.15, 0.2) is 0 Å². The molecule has 1 fully saturated rings. The van der Waals surface area contributed by atoms with Gasteiger partial charge in [-0.05, 0) is 19.3 Å². The predicted molar refractivity (Wildman–Crippen MR) is 72.2 cm³/mol. The van der Waals surface area contributed by atoms with Gasteiger partial charge in [0, 0.05) is 6.61 Å². The summed E-state index contributed by atoms with van der Waals surface area (Å²) in [6.45, 7) is 2.61. The van der Waals surface area contributed by atoms with Gasteiger partial charge in [-0.1, -0.05) is 58.3 Å². The molecule has 1 saturated heterocycles. The van der Waals surface area contributed by atoms with Gasteiger partial charge in [-0.15, -0.1) is 0 Å². The number of ether oxygens (including phenoxy) is 1. The van der Waals surface area contributed by atoms with Crippen LogP contribution in [0.5, 0.6) is 0 Å². The Morgan fingerprint density at radius 1 is 0.765 bits per heavy atom. The van der Waals surface area contributed by atoms with Crippen molar-refractivity contribution in [3.05, 3.63) is 0 Å². The maximum atomic E-state index is 8.66. The summed E-state index contributed by atoms with van der Waals surface area (Å²) in [7, 11) is 0. The second kappa shape index (κ2) is 9.90. The smallest absolute Gasteiger partial charge is 0.0841 e. The quantitative estimate of drug-likeness (QED) is 0.413. The lowest BCUT2D eigenvalue weighted by Gasteiger charge is -1.98. The molecule has 2 nitrogen and oxygen atoms in total. The molecule has 2 heteroatoms. The summed E-state index contributed by atoms with van der Waals surface area (Å²) in [6, 6.07) is 0. The Labute approximate surface area is 107 Å². The fourth-order valence-corrected chi connectivity index (χ4v) is 2.45. The third kappa shape index (κ3) is 7.77. The Morgan fingerprint density at radius 2 is 1.29 bits per heavy atom. The van der Waals surface area contributed by atoms with Crippen LogP contribution < -0.4 is 0 Å². The summed E-state index contributed by atoms with van der Waals surface area (Å²) in [5.41, 5.74) is 0. The highest BCUT2D eigenvalue weighted by molar-refractivity contribution is 4.84. The zero-order chi connectivity index (χ0) is 12.3. The molecule has 1 N–H and O–H groups in total. The van der Waals surface area contributed by atoms with E-state index in [0.29, 0.717) is 18.8 Å². The summed E-state index contributed by atoms with van der Waals surface area (Å²) in [6.07, 6.45) is 15.2. The molecule has 2 atom stereocenters. The average molecular weight is 242 g/mol. The van der Waals surface area contributed by atoms with Crippen molar-refractivity contribution >= 4 is 0 Å². The van der Waals surface area contributed by atoms with Crippen LogP contribution in [0, 0.1) is 0 Å². The molecule has 0 amide bonds. The molecular weight excluding hydrogens is 212 g/mol. The first-order valence-corrected chi connectivity index (χ1v) is 7.64. The highest BCUT2D eigenvalue weighted by Crippen LogP contribution is 2.31. The molecule has 1 aliphatic heterocycles. The van der Waals surface area contributed by atoms with Crippen molar-refractivity contribution in [3.63, 3.8) is 0 Å². The van der Waals surface area contributed by atoms with Gasteiger partial charge in [0.15, 0.2) is 0 Å². The third-order valence-corrected chi connectivity index (χ3v) is 3.68. The standard InChI is InChI=1S/C15H30O2/c1-2-3-4-5-8-11-14-15(17-14)12-9-6-7-10-13-16/h14-16H,2-13H2,1H3. The van der Waals surface area contributed by atoms with Gasteiger partial charge in [-0.2, -0.15) is 0 Å². The molecule has 0 radical (unpaired) electrons. The van der Waals surface area contributed by atoms with Gasteiger partial charge < -0.3 is 9.84 Å². The van der Waals surface area contributed by atoms with E-state index in [1.807, 2.05) is 0 Å². The molecule has 0 spiro atoms. The van der Waals surface area contributed by atoms with Crippen molar-refractivity contribution in [2.24, 2.45) is 0 Å². The maximum absolute atomic E-state index is 8.66. The van der Waals surface area contributed by atoms with Crippen LogP contribution in [-0.4, -0.2) is 23.9 Å². The van der Waals surface area contributed by atoms with Gasteiger partial charge in [0.25, 0.3) is 0 Å². The first-order valence-electron chi connectivity index (χ1n) is 7.64. The number of unbranched alkanes of at least 4 members (excludes halogenated alkanes) is 7. The van der Waals surface area contributed by atoms with Crippen molar-refractivity contribution in [1.82, 2.24) is 0 Å². The van der Waals surface area contributed by atoms with E-state index in [1.54, 1.807) is 0 Å². The number of aliphatic hydroxyl groups excluding tert-OH is 1. The molecule has 0 aromatic heterocycles. The first kappa shape index (κ1) is 15.0. The van der Waals surface area contributed by atoms with Gasteiger partial charge in [0.2, 0.25) is 0 Å². The zero-order valence-corrected chi connectivity index (χ0v) is 11.5. The van der Waals surface area contributed by atoms with E-state index >= 15 is 0 Å². The van der Waals surface area contributed by atoms with E-state index in [0.717, 1.165) is 6.42 Å². The van der Waals surface area contributed by atoms with Crippen LogP contribution in [0.3, 0.4) is 0 Å². The fraction of sp³-hybridized carbons (Fsp3) is 1.00. The van der Waals surface area contributed by atoms with Gasteiger partial charge in [0.1, 0.15) is 0 Å². The van der Waals surface area contributed by atoms with Crippen LogP contribution in [-0.2, 0) is 4.74 Å². The molecule has 0 bridgehead atoms. The number of rotatable bonds is 12. The normalized spacial score (nSPS) is 22.9. The lowest BCUT2D eigenvalue weighted by Crippen LogP contribution is -1.95. The lowest BCUT2D eigenvalue weighted by molar-refractivity contribution is 0.281. The summed E-state index contributed by atoms with van der Waals surface area (Å²) >= 11 is 0. The second-order valence-corrected chi connectivity index (χ2v) is 5.34. The Bertz CT molecular complexity index is 152. The molecule has 102 valence electrons. The van der Waals surface area contributed by atoms with Crippen LogP contribution in [0.25, 0.3) is 0 Å². The largest absolute Gasteiger partial charge is 0.396 e. The lowest BCUT2D eigenvalue weighted by atomic mass is 10.0. The number of aliphatic hydroxyl groups is 1. The highest BCUT2D eigenvalue weighted by Gasteiger charge is 2.36. The van der Waals surface area contributed by atoms with E-state index < -0.39 is 0 Å².